The van der Waals surface area contributed by atoms with Gasteiger partial charge < -0.3 is 15.4 Å². The molecule has 0 unspecified atom stereocenters. The molecule has 2 N–H and O–H groups in total. The molecule has 1 saturated carbocycles. The Kier molecular flexibility index (Phi) is 6.72. The first-order valence-electron chi connectivity index (χ1n) is 7.98. The normalized spacial score (nSPS) is 19.3. The zero-order valence-electron chi connectivity index (χ0n) is 12.9. The van der Waals surface area contributed by atoms with Gasteiger partial charge in [0.25, 0.3) is 0 Å². The van der Waals surface area contributed by atoms with Gasteiger partial charge >= 0.3 is 0 Å². The van der Waals surface area contributed by atoms with Gasteiger partial charge in [-0.1, -0.05) is 0 Å². The summed E-state index contributed by atoms with van der Waals surface area (Å²) in [6.07, 6.45) is 9.43. The Bertz CT molecular complexity index is 499. The molecule has 1 aliphatic carbocycles. The van der Waals surface area contributed by atoms with Crippen molar-refractivity contribution in [2.75, 3.05) is 13.1 Å². The van der Waals surface area contributed by atoms with Crippen LogP contribution < -0.4 is 10.5 Å². The second-order valence-corrected chi connectivity index (χ2v) is 5.90. The molecule has 122 valence electrons. The number of ether oxygens (including phenoxy) is 1. The quantitative estimate of drug-likeness (QED) is 0.466. The molecule has 5 nitrogen and oxygen atoms in total. The number of pyridine rings is 1. The molecule has 1 aromatic heterocycles. The second-order valence-electron chi connectivity index (χ2n) is 5.90. The van der Waals surface area contributed by atoms with Gasteiger partial charge in [-0.05, 0) is 50.2 Å². The van der Waals surface area contributed by atoms with Gasteiger partial charge in [0.15, 0.2) is 5.96 Å². The molecule has 1 aliphatic heterocycles. The molecular weight excluding hydrogens is 391 g/mol. The molecule has 1 aromatic rings. The molecular formula is C16H25IN4O. The van der Waals surface area contributed by atoms with E-state index in [2.05, 4.69) is 14.9 Å². The highest BCUT2D eigenvalue weighted by molar-refractivity contribution is 14.0. The van der Waals surface area contributed by atoms with Gasteiger partial charge in [0, 0.05) is 25.4 Å². The Morgan fingerprint density at radius 2 is 2.05 bits per heavy atom. The Labute approximate surface area is 149 Å². The minimum absolute atomic E-state index is 0. The number of aromatic nitrogens is 1. The van der Waals surface area contributed by atoms with Crippen molar-refractivity contribution in [3.8, 4) is 5.88 Å². The van der Waals surface area contributed by atoms with Crippen molar-refractivity contribution in [3.63, 3.8) is 0 Å². The van der Waals surface area contributed by atoms with Crippen LogP contribution in [0.25, 0.3) is 0 Å². The first kappa shape index (κ1) is 17.3. The number of piperidine rings is 1. The number of nitrogens with two attached hydrogens (primary N) is 1. The lowest BCUT2D eigenvalue weighted by molar-refractivity contribution is 0.114. The number of guanidine groups is 1. The van der Waals surface area contributed by atoms with Crippen LogP contribution in [0.3, 0.4) is 0 Å². The lowest BCUT2D eigenvalue weighted by atomic mass is 9.96. The maximum Gasteiger partial charge on any atom is 0.213 e. The van der Waals surface area contributed by atoms with Crippen LogP contribution in [0.1, 0.15) is 44.1 Å². The van der Waals surface area contributed by atoms with Gasteiger partial charge in [0.2, 0.25) is 5.88 Å². The maximum atomic E-state index is 6.07. The van der Waals surface area contributed by atoms with Crippen molar-refractivity contribution in [1.29, 1.82) is 0 Å². The average molecular weight is 416 g/mol. The third kappa shape index (κ3) is 4.72. The Morgan fingerprint density at radius 1 is 1.27 bits per heavy atom. The number of halogens is 1. The van der Waals surface area contributed by atoms with Gasteiger partial charge in [0.05, 0.1) is 6.54 Å². The monoisotopic (exact) mass is 416 g/mol. The zero-order valence-corrected chi connectivity index (χ0v) is 15.2. The Balaban J connectivity index is 0.00000176. The predicted octanol–water partition coefficient (Wildman–Crippen LogP) is 2.93. The van der Waals surface area contributed by atoms with Crippen molar-refractivity contribution in [3.05, 3.63) is 23.9 Å². The van der Waals surface area contributed by atoms with Crippen molar-refractivity contribution < 1.29 is 4.74 Å². The minimum atomic E-state index is 0. The summed E-state index contributed by atoms with van der Waals surface area (Å²) >= 11 is 0. The van der Waals surface area contributed by atoms with E-state index in [4.69, 9.17) is 10.5 Å². The van der Waals surface area contributed by atoms with Crippen LogP contribution in [0.5, 0.6) is 5.88 Å². The van der Waals surface area contributed by atoms with Gasteiger partial charge in [-0.15, -0.1) is 24.0 Å². The van der Waals surface area contributed by atoms with E-state index in [1.165, 1.54) is 25.7 Å². The summed E-state index contributed by atoms with van der Waals surface area (Å²) in [6, 6.07) is 3.95. The van der Waals surface area contributed by atoms with Crippen LogP contribution >= 0.6 is 24.0 Å². The van der Waals surface area contributed by atoms with Crippen LogP contribution in [0.2, 0.25) is 0 Å². The van der Waals surface area contributed by atoms with Gasteiger partial charge in [-0.3, -0.25) is 0 Å². The molecule has 22 heavy (non-hydrogen) atoms. The molecule has 3 rings (SSSR count). The van der Waals surface area contributed by atoms with E-state index in [1.54, 1.807) is 6.20 Å². The van der Waals surface area contributed by atoms with Gasteiger partial charge in [-0.2, -0.15) is 0 Å². The number of rotatable bonds is 4. The highest BCUT2D eigenvalue weighted by Gasteiger charge is 2.19. The van der Waals surface area contributed by atoms with E-state index < -0.39 is 0 Å². The van der Waals surface area contributed by atoms with Crippen LogP contribution in [-0.4, -0.2) is 35.0 Å². The van der Waals surface area contributed by atoms with Crippen molar-refractivity contribution in [2.45, 2.75) is 51.2 Å². The third-order valence-electron chi connectivity index (χ3n) is 4.24. The summed E-state index contributed by atoms with van der Waals surface area (Å²) in [5, 5.41) is 0. The smallest absolute Gasteiger partial charge is 0.213 e. The highest BCUT2D eigenvalue weighted by atomic mass is 127. The van der Waals surface area contributed by atoms with E-state index in [0.717, 1.165) is 31.5 Å². The largest absolute Gasteiger partial charge is 0.474 e. The van der Waals surface area contributed by atoms with E-state index in [9.17, 15) is 0 Å². The Morgan fingerprint density at radius 3 is 2.73 bits per heavy atom. The molecule has 2 aliphatic rings. The lowest BCUT2D eigenvalue weighted by Gasteiger charge is -2.27. The van der Waals surface area contributed by atoms with Crippen LogP contribution in [0.4, 0.5) is 0 Å². The molecule has 1 saturated heterocycles. The van der Waals surface area contributed by atoms with Crippen LogP contribution in [0.15, 0.2) is 23.3 Å². The SMILES string of the molecule is I.NC(=NCc1ccnc(OC2CCC2)c1)N1CCCCC1. The molecule has 0 radical (unpaired) electrons. The van der Waals surface area contributed by atoms with Gasteiger partial charge in [0.1, 0.15) is 6.10 Å². The molecule has 0 atom stereocenters. The fourth-order valence-corrected chi connectivity index (χ4v) is 2.67. The van der Waals surface area contributed by atoms with Crippen molar-refractivity contribution in [1.82, 2.24) is 9.88 Å². The molecule has 0 aromatic carbocycles. The highest BCUT2D eigenvalue weighted by Crippen LogP contribution is 2.24. The summed E-state index contributed by atoms with van der Waals surface area (Å²) in [5.41, 5.74) is 7.17. The number of hydrogen-bond acceptors (Lipinski definition) is 3. The summed E-state index contributed by atoms with van der Waals surface area (Å²) in [6.45, 7) is 2.65. The summed E-state index contributed by atoms with van der Waals surface area (Å²) < 4.78 is 5.81. The molecule has 6 heteroatoms. The zero-order chi connectivity index (χ0) is 14.5. The first-order valence-corrected chi connectivity index (χ1v) is 7.98. The molecule has 2 heterocycles. The van der Waals surface area contributed by atoms with Crippen molar-refractivity contribution >= 4 is 29.9 Å². The van der Waals surface area contributed by atoms with Crippen molar-refractivity contribution in [2.24, 2.45) is 10.7 Å². The number of likely N-dealkylation sites (tertiary alicyclic amines) is 1. The molecule has 0 bridgehead atoms. The molecule has 0 spiro atoms. The minimum Gasteiger partial charge on any atom is -0.474 e. The molecule has 0 amide bonds. The fourth-order valence-electron chi connectivity index (χ4n) is 2.67. The first-order chi connectivity index (χ1) is 10.3. The summed E-state index contributed by atoms with van der Waals surface area (Å²) in [7, 11) is 0. The Hall–Kier alpha value is -1.05. The molecule has 2 fully saturated rings. The van der Waals surface area contributed by atoms with E-state index in [-0.39, 0.29) is 24.0 Å². The van der Waals surface area contributed by atoms with Crippen LogP contribution in [-0.2, 0) is 6.54 Å². The third-order valence-corrected chi connectivity index (χ3v) is 4.24. The number of aliphatic imine (C=N–C) groups is 1. The standard InChI is InChI=1S/C16H24N4O.HI/c17-16(20-9-2-1-3-10-20)19-12-13-7-8-18-15(11-13)21-14-5-4-6-14;/h7-8,11,14H,1-6,9-10,12H2,(H2,17,19);1H. The van der Waals surface area contributed by atoms with E-state index >= 15 is 0 Å². The maximum absolute atomic E-state index is 6.07. The van der Waals surface area contributed by atoms with Crippen LogP contribution in [0, 0.1) is 0 Å². The number of hydrogen-bond donors (Lipinski definition) is 1. The van der Waals surface area contributed by atoms with Gasteiger partial charge in [-0.25, -0.2) is 9.98 Å². The van der Waals surface area contributed by atoms with E-state index in [1.807, 2.05) is 12.1 Å². The number of nitrogens with zero attached hydrogens (tertiary/aromatic N) is 3. The topological polar surface area (TPSA) is 63.7 Å². The average Bonchev–Trinajstić information content (AvgIpc) is 2.50. The van der Waals surface area contributed by atoms with E-state index in [0.29, 0.717) is 24.5 Å². The second kappa shape index (κ2) is 8.55. The summed E-state index contributed by atoms with van der Waals surface area (Å²) in [5.74, 6) is 1.37. The lowest BCUT2D eigenvalue weighted by Crippen LogP contribution is -2.40. The summed E-state index contributed by atoms with van der Waals surface area (Å²) in [4.78, 5) is 11.0. The predicted molar refractivity (Wildman–Crippen MR) is 98.7 cm³/mol. The fraction of sp³-hybridized carbons (Fsp3) is 0.625.